The molecule has 1 aliphatic carbocycles. The summed E-state index contributed by atoms with van der Waals surface area (Å²) in [7, 11) is 3.61. The van der Waals surface area contributed by atoms with E-state index in [1.807, 2.05) is 13.2 Å². The molecule has 0 amide bonds. The molecule has 1 aliphatic rings. The van der Waals surface area contributed by atoms with E-state index in [0.717, 1.165) is 23.6 Å². The molecule has 2 aromatic heterocycles. The topological polar surface area (TPSA) is 54.7 Å². The molecule has 108 valence electrons. The van der Waals surface area contributed by atoms with Crippen LogP contribution in [0.2, 0.25) is 5.15 Å². The van der Waals surface area contributed by atoms with Gasteiger partial charge >= 0.3 is 0 Å². The van der Waals surface area contributed by atoms with Gasteiger partial charge in [0.2, 0.25) is 0 Å². The zero-order valence-electron chi connectivity index (χ0n) is 11.6. The molecule has 0 atom stereocenters. The third-order valence-electron chi connectivity index (χ3n) is 3.52. The fourth-order valence-corrected chi connectivity index (χ4v) is 2.59. The van der Waals surface area contributed by atoms with Crippen molar-refractivity contribution < 1.29 is 4.74 Å². The van der Waals surface area contributed by atoms with Gasteiger partial charge in [-0.15, -0.1) is 0 Å². The lowest BCUT2D eigenvalue weighted by Crippen LogP contribution is -2.30. The van der Waals surface area contributed by atoms with Gasteiger partial charge in [0.25, 0.3) is 0 Å². The molecule has 1 fully saturated rings. The predicted octanol–water partition coefficient (Wildman–Crippen LogP) is 2.04. The average Bonchev–Trinajstić information content (AvgIpc) is 3.20. The van der Waals surface area contributed by atoms with Crippen molar-refractivity contribution in [3.05, 3.63) is 17.5 Å². The van der Waals surface area contributed by atoms with Crippen molar-refractivity contribution in [3.63, 3.8) is 0 Å². The first-order chi connectivity index (χ1) is 9.74. The van der Waals surface area contributed by atoms with Gasteiger partial charge in [0.1, 0.15) is 10.8 Å². The standard InChI is InChI=1S/C13H18ClN5O/c1-15-10-7-16-19-8-11(14)17-13(19)12(10)18(5-6-20-2)9-3-4-9/h7-9,15H,3-6H2,1-2H3. The highest BCUT2D eigenvalue weighted by molar-refractivity contribution is 6.29. The third-order valence-corrected chi connectivity index (χ3v) is 3.70. The Hall–Kier alpha value is -1.53. The second-order valence-electron chi connectivity index (χ2n) is 4.91. The zero-order chi connectivity index (χ0) is 14.1. The van der Waals surface area contributed by atoms with Gasteiger partial charge in [-0.05, 0) is 12.8 Å². The Bertz CT molecular complexity index is 610. The number of imidazole rings is 1. The highest BCUT2D eigenvalue weighted by Crippen LogP contribution is 2.37. The third kappa shape index (κ3) is 2.41. The number of rotatable bonds is 6. The minimum atomic E-state index is 0.453. The predicted molar refractivity (Wildman–Crippen MR) is 79.8 cm³/mol. The molecular weight excluding hydrogens is 278 g/mol. The van der Waals surface area contributed by atoms with E-state index in [1.165, 1.54) is 12.8 Å². The van der Waals surface area contributed by atoms with Crippen LogP contribution in [0.15, 0.2) is 12.4 Å². The first-order valence-electron chi connectivity index (χ1n) is 6.72. The maximum Gasteiger partial charge on any atom is 0.180 e. The van der Waals surface area contributed by atoms with E-state index in [-0.39, 0.29) is 0 Å². The molecule has 2 aromatic rings. The van der Waals surface area contributed by atoms with Crippen molar-refractivity contribution in [1.29, 1.82) is 0 Å². The number of nitrogens with zero attached hydrogens (tertiary/aromatic N) is 4. The van der Waals surface area contributed by atoms with E-state index >= 15 is 0 Å². The smallest absolute Gasteiger partial charge is 0.180 e. The number of hydrogen-bond acceptors (Lipinski definition) is 5. The van der Waals surface area contributed by atoms with Crippen LogP contribution in [0.1, 0.15) is 12.8 Å². The van der Waals surface area contributed by atoms with Gasteiger partial charge in [-0.1, -0.05) is 11.6 Å². The summed E-state index contributed by atoms with van der Waals surface area (Å²) >= 11 is 6.02. The molecule has 7 heteroatoms. The lowest BCUT2D eigenvalue weighted by Gasteiger charge is -2.26. The molecule has 3 rings (SSSR count). The highest BCUT2D eigenvalue weighted by atomic mass is 35.5. The molecule has 0 bridgehead atoms. The van der Waals surface area contributed by atoms with E-state index in [4.69, 9.17) is 16.3 Å². The Morgan fingerprint density at radius 3 is 3.00 bits per heavy atom. The molecule has 1 N–H and O–H groups in total. The van der Waals surface area contributed by atoms with Crippen LogP contribution in [0.4, 0.5) is 11.4 Å². The Kier molecular flexibility index (Phi) is 3.67. The fourth-order valence-electron chi connectivity index (χ4n) is 2.41. The molecule has 20 heavy (non-hydrogen) atoms. The molecule has 0 spiro atoms. The maximum absolute atomic E-state index is 6.02. The summed E-state index contributed by atoms with van der Waals surface area (Å²) in [5.74, 6) is 0. The van der Waals surface area contributed by atoms with Gasteiger partial charge in [0, 0.05) is 26.7 Å². The minimum Gasteiger partial charge on any atom is -0.385 e. The van der Waals surface area contributed by atoms with Crippen LogP contribution in [0.25, 0.3) is 5.65 Å². The molecule has 2 heterocycles. The number of ether oxygens (including phenoxy) is 1. The summed E-state index contributed by atoms with van der Waals surface area (Å²) in [5, 5.41) is 7.97. The van der Waals surface area contributed by atoms with Crippen molar-refractivity contribution in [3.8, 4) is 0 Å². The number of hydrogen-bond donors (Lipinski definition) is 1. The van der Waals surface area contributed by atoms with Gasteiger partial charge in [-0.25, -0.2) is 9.50 Å². The molecular formula is C13H18ClN5O. The second kappa shape index (κ2) is 5.46. The summed E-state index contributed by atoms with van der Waals surface area (Å²) in [4.78, 5) is 6.75. The van der Waals surface area contributed by atoms with Gasteiger partial charge in [-0.2, -0.15) is 5.10 Å². The molecule has 0 radical (unpaired) electrons. The fraction of sp³-hybridized carbons (Fsp3) is 0.538. The van der Waals surface area contributed by atoms with E-state index in [9.17, 15) is 0 Å². The summed E-state index contributed by atoms with van der Waals surface area (Å²) in [6.45, 7) is 1.52. The van der Waals surface area contributed by atoms with Crippen LogP contribution in [0.3, 0.4) is 0 Å². The number of fused-ring (bicyclic) bond motifs is 1. The molecule has 0 aromatic carbocycles. The van der Waals surface area contributed by atoms with Crippen molar-refractivity contribution in [1.82, 2.24) is 14.6 Å². The molecule has 6 nitrogen and oxygen atoms in total. The quantitative estimate of drug-likeness (QED) is 0.884. The summed E-state index contributed by atoms with van der Waals surface area (Å²) in [5.41, 5.74) is 2.79. The van der Waals surface area contributed by atoms with Crippen molar-refractivity contribution in [2.45, 2.75) is 18.9 Å². The number of aromatic nitrogens is 3. The highest BCUT2D eigenvalue weighted by Gasteiger charge is 2.32. The van der Waals surface area contributed by atoms with Crippen LogP contribution in [0, 0.1) is 0 Å². The number of methoxy groups -OCH3 is 1. The molecule has 0 aliphatic heterocycles. The largest absolute Gasteiger partial charge is 0.385 e. The van der Waals surface area contributed by atoms with E-state index < -0.39 is 0 Å². The molecule has 0 saturated heterocycles. The van der Waals surface area contributed by atoms with Crippen LogP contribution < -0.4 is 10.2 Å². The Labute approximate surface area is 122 Å². The van der Waals surface area contributed by atoms with Crippen LogP contribution in [-0.2, 0) is 4.74 Å². The summed E-state index contributed by atoms with van der Waals surface area (Å²) in [6.07, 6.45) is 5.94. The molecule has 0 unspecified atom stereocenters. The average molecular weight is 296 g/mol. The second-order valence-corrected chi connectivity index (χ2v) is 5.29. The summed E-state index contributed by atoms with van der Waals surface area (Å²) < 4.78 is 6.95. The maximum atomic E-state index is 6.02. The monoisotopic (exact) mass is 295 g/mol. The first kappa shape index (κ1) is 13.5. The van der Waals surface area contributed by atoms with Crippen molar-refractivity contribution >= 4 is 28.6 Å². The lowest BCUT2D eigenvalue weighted by atomic mass is 10.3. The first-order valence-corrected chi connectivity index (χ1v) is 7.09. The van der Waals surface area contributed by atoms with Gasteiger partial charge in [0.05, 0.1) is 24.7 Å². The Balaban J connectivity index is 2.09. The van der Waals surface area contributed by atoms with E-state index in [2.05, 4.69) is 20.3 Å². The SMILES string of the molecule is CNc1cnn2cc(Cl)nc2c1N(CCOC)C1CC1. The normalized spacial score (nSPS) is 14.8. The van der Waals surface area contributed by atoms with Crippen molar-refractivity contribution in [2.75, 3.05) is 37.5 Å². The lowest BCUT2D eigenvalue weighted by molar-refractivity contribution is 0.205. The van der Waals surface area contributed by atoms with E-state index in [0.29, 0.717) is 17.8 Å². The molecule has 1 saturated carbocycles. The minimum absolute atomic E-state index is 0.453. The number of nitrogens with one attached hydrogen (secondary N) is 1. The Morgan fingerprint density at radius 1 is 1.55 bits per heavy atom. The Morgan fingerprint density at radius 2 is 2.35 bits per heavy atom. The van der Waals surface area contributed by atoms with Crippen LogP contribution in [-0.4, -0.2) is 47.9 Å². The van der Waals surface area contributed by atoms with Gasteiger partial charge in [-0.3, -0.25) is 0 Å². The number of anilines is 2. The van der Waals surface area contributed by atoms with Gasteiger partial charge < -0.3 is 15.0 Å². The van der Waals surface area contributed by atoms with Crippen LogP contribution >= 0.6 is 11.6 Å². The summed E-state index contributed by atoms with van der Waals surface area (Å²) in [6, 6.07) is 0.555. The van der Waals surface area contributed by atoms with Crippen molar-refractivity contribution in [2.24, 2.45) is 0 Å². The zero-order valence-corrected chi connectivity index (χ0v) is 12.4. The number of halogens is 1. The van der Waals surface area contributed by atoms with E-state index in [1.54, 1.807) is 17.8 Å². The van der Waals surface area contributed by atoms with Crippen LogP contribution in [0.5, 0.6) is 0 Å². The van der Waals surface area contributed by atoms with Gasteiger partial charge in [0.15, 0.2) is 5.65 Å².